The van der Waals surface area contributed by atoms with Gasteiger partial charge in [-0.05, 0) is 64.7 Å². The molecule has 3 heteroatoms. The molecule has 0 radical (unpaired) electrons. The summed E-state index contributed by atoms with van der Waals surface area (Å²) in [6, 6.07) is 62.4. The smallest absolute Gasteiger partial charge is 0.135 e. The number of furan rings is 1. The van der Waals surface area contributed by atoms with Gasteiger partial charge in [-0.15, -0.1) is 0 Å². The van der Waals surface area contributed by atoms with Crippen molar-refractivity contribution in [3.05, 3.63) is 182 Å². The van der Waals surface area contributed by atoms with Crippen LogP contribution in [0, 0.1) is 0 Å². The molecule has 0 atom stereocenters. The minimum absolute atomic E-state index is 0.886. The topological polar surface area (TPSA) is 31.0 Å². The molecule has 3 nitrogen and oxygen atoms in total. The van der Waals surface area contributed by atoms with Crippen LogP contribution in [-0.2, 0) is 0 Å². The first-order chi connectivity index (χ1) is 24.8. The Labute approximate surface area is 289 Å². The SMILES string of the molecule is c1ccc(-c2cnc(-c3ccc4c5ccc(-c6ccccc6)cc5n(-c5ccc6oc7ccccc7c6c5)c4c3)c(-c3ccccc3)c2)cc1. The molecule has 10 rings (SSSR count). The molecule has 234 valence electrons. The molecule has 0 amide bonds. The number of para-hydroxylation sites is 1. The quantitative estimate of drug-likeness (QED) is 0.188. The van der Waals surface area contributed by atoms with Crippen molar-refractivity contribution in [1.82, 2.24) is 9.55 Å². The average Bonchev–Trinajstić information content (AvgIpc) is 3.73. The highest BCUT2D eigenvalue weighted by atomic mass is 16.3. The molecule has 0 spiro atoms. The fourth-order valence-corrected chi connectivity index (χ4v) is 7.43. The van der Waals surface area contributed by atoms with Crippen molar-refractivity contribution in [3.63, 3.8) is 0 Å². The highest BCUT2D eigenvalue weighted by molar-refractivity contribution is 6.12. The van der Waals surface area contributed by atoms with E-state index in [0.717, 1.165) is 72.2 Å². The summed E-state index contributed by atoms with van der Waals surface area (Å²) in [5, 5.41) is 4.63. The second kappa shape index (κ2) is 11.5. The van der Waals surface area contributed by atoms with Gasteiger partial charge in [-0.1, -0.05) is 133 Å². The second-order valence-corrected chi connectivity index (χ2v) is 12.8. The third-order valence-corrected chi connectivity index (χ3v) is 9.85. The Morgan fingerprint density at radius 2 is 0.960 bits per heavy atom. The van der Waals surface area contributed by atoms with Crippen molar-refractivity contribution in [2.45, 2.75) is 0 Å². The minimum Gasteiger partial charge on any atom is -0.456 e. The molecule has 3 aromatic heterocycles. The molecule has 0 aliphatic carbocycles. The van der Waals surface area contributed by atoms with Gasteiger partial charge in [-0.2, -0.15) is 0 Å². The van der Waals surface area contributed by atoms with E-state index in [4.69, 9.17) is 9.40 Å². The zero-order chi connectivity index (χ0) is 33.0. The third kappa shape index (κ3) is 4.63. The molecule has 0 bridgehead atoms. The van der Waals surface area contributed by atoms with Crippen molar-refractivity contribution >= 4 is 43.7 Å². The average molecular weight is 639 g/mol. The van der Waals surface area contributed by atoms with E-state index in [1.165, 1.54) is 21.9 Å². The first-order valence-electron chi connectivity index (χ1n) is 17.0. The molecule has 0 aliphatic rings. The molecule has 7 aromatic carbocycles. The molecule has 0 saturated carbocycles. The predicted octanol–water partition coefficient (Wildman–Crippen LogP) is 12.7. The number of aromatic nitrogens is 2. The van der Waals surface area contributed by atoms with E-state index in [0.29, 0.717) is 0 Å². The molecule has 0 saturated heterocycles. The van der Waals surface area contributed by atoms with Crippen LogP contribution in [-0.4, -0.2) is 9.55 Å². The summed E-state index contributed by atoms with van der Waals surface area (Å²) < 4.78 is 8.64. The van der Waals surface area contributed by atoms with E-state index < -0.39 is 0 Å². The van der Waals surface area contributed by atoms with Crippen LogP contribution in [0.1, 0.15) is 0 Å². The van der Waals surface area contributed by atoms with Crippen LogP contribution >= 0.6 is 0 Å². The number of hydrogen-bond donors (Lipinski definition) is 0. The lowest BCUT2D eigenvalue weighted by atomic mass is 9.95. The van der Waals surface area contributed by atoms with Crippen LogP contribution in [0.15, 0.2) is 187 Å². The zero-order valence-electron chi connectivity index (χ0n) is 27.1. The van der Waals surface area contributed by atoms with Gasteiger partial charge in [-0.3, -0.25) is 4.98 Å². The van der Waals surface area contributed by atoms with Gasteiger partial charge >= 0.3 is 0 Å². The van der Waals surface area contributed by atoms with Gasteiger partial charge in [0.25, 0.3) is 0 Å². The lowest BCUT2D eigenvalue weighted by Crippen LogP contribution is -1.95. The highest BCUT2D eigenvalue weighted by Crippen LogP contribution is 2.40. The lowest BCUT2D eigenvalue weighted by Gasteiger charge is -2.13. The molecule has 10 aromatic rings. The monoisotopic (exact) mass is 638 g/mol. The summed E-state index contributed by atoms with van der Waals surface area (Å²) in [6.07, 6.45) is 2.00. The van der Waals surface area contributed by atoms with Crippen molar-refractivity contribution in [1.29, 1.82) is 0 Å². The second-order valence-electron chi connectivity index (χ2n) is 12.8. The Balaban J connectivity index is 1.24. The van der Waals surface area contributed by atoms with Crippen LogP contribution in [0.3, 0.4) is 0 Å². The lowest BCUT2D eigenvalue weighted by molar-refractivity contribution is 0.669. The van der Waals surface area contributed by atoms with Gasteiger partial charge in [0, 0.05) is 50.1 Å². The Bertz CT molecular complexity index is 2850. The molecule has 50 heavy (non-hydrogen) atoms. The normalized spacial score (nSPS) is 11.6. The fourth-order valence-electron chi connectivity index (χ4n) is 7.43. The predicted molar refractivity (Wildman–Crippen MR) is 208 cm³/mol. The number of nitrogens with zero attached hydrogens (tertiary/aromatic N) is 2. The summed E-state index contributed by atoms with van der Waals surface area (Å²) in [5.74, 6) is 0. The Kier molecular flexibility index (Phi) is 6.49. The summed E-state index contributed by atoms with van der Waals surface area (Å²) in [7, 11) is 0. The Morgan fingerprint density at radius 3 is 1.68 bits per heavy atom. The molecular weight excluding hydrogens is 609 g/mol. The number of fused-ring (bicyclic) bond motifs is 6. The summed E-state index contributed by atoms with van der Waals surface area (Å²) in [5.41, 5.74) is 14.0. The summed E-state index contributed by atoms with van der Waals surface area (Å²) >= 11 is 0. The van der Waals surface area contributed by atoms with Gasteiger partial charge in [0.05, 0.1) is 16.7 Å². The maximum absolute atomic E-state index is 6.23. The van der Waals surface area contributed by atoms with Gasteiger partial charge in [0.15, 0.2) is 0 Å². The van der Waals surface area contributed by atoms with Crippen LogP contribution in [0.5, 0.6) is 0 Å². The maximum Gasteiger partial charge on any atom is 0.135 e. The van der Waals surface area contributed by atoms with E-state index in [1.54, 1.807) is 0 Å². The molecule has 0 N–H and O–H groups in total. The number of benzene rings is 7. The van der Waals surface area contributed by atoms with Crippen LogP contribution in [0.25, 0.3) is 94.1 Å². The summed E-state index contributed by atoms with van der Waals surface area (Å²) in [6.45, 7) is 0. The Hall–Kier alpha value is -6.71. The van der Waals surface area contributed by atoms with E-state index >= 15 is 0 Å². The standard InChI is InChI=1S/C47H30N2O/c1-4-12-31(13-5-1)34-20-23-38-39-24-21-35(47-41(33-16-8-3-9-17-33)26-36(30-48-47)32-14-6-2-7-15-32)28-44(39)49(43(38)27-34)37-22-25-46-42(29-37)40-18-10-11-19-45(40)50-46/h1-30H. The molecule has 3 heterocycles. The largest absolute Gasteiger partial charge is 0.456 e. The van der Waals surface area contributed by atoms with Crippen LogP contribution < -0.4 is 0 Å². The van der Waals surface area contributed by atoms with E-state index in [1.807, 2.05) is 24.4 Å². The molecule has 0 fully saturated rings. The van der Waals surface area contributed by atoms with Crippen LogP contribution in [0.2, 0.25) is 0 Å². The maximum atomic E-state index is 6.23. The van der Waals surface area contributed by atoms with Gasteiger partial charge in [0.2, 0.25) is 0 Å². The number of hydrogen-bond acceptors (Lipinski definition) is 2. The summed E-state index contributed by atoms with van der Waals surface area (Å²) in [4.78, 5) is 5.17. The third-order valence-electron chi connectivity index (χ3n) is 9.85. The minimum atomic E-state index is 0.886. The Morgan fingerprint density at radius 1 is 0.380 bits per heavy atom. The van der Waals surface area contributed by atoms with Crippen LogP contribution in [0.4, 0.5) is 0 Å². The highest BCUT2D eigenvalue weighted by Gasteiger charge is 2.18. The van der Waals surface area contributed by atoms with Gasteiger partial charge in [-0.25, -0.2) is 0 Å². The number of rotatable bonds is 5. The van der Waals surface area contributed by atoms with Crippen molar-refractivity contribution in [3.8, 4) is 50.3 Å². The fraction of sp³-hybridized carbons (Fsp3) is 0. The molecular formula is C47H30N2O. The van der Waals surface area contributed by atoms with E-state index in [2.05, 4.69) is 162 Å². The van der Waals surface area contributed by atoms with Crippen molar-refractivity contribution in [2.24, 2.45) is 0 Å². The zero-order valence-corrected chi connectivity index (χ0v) is 27.1. The first-order valence-corrected chi connectivity index (χ1v) is 17.0. The molecule has 0 unspecified atom stereocenters. The number of pyridine rings is 1. The van der Waals surface area contributed by atoms with Gasteiger partial charge < -0.3 is 8.98 Å². The van der Waals surface area contributed by atoms with Crippen molar-refractivity contribution < 1.29 is 4.42 Å². The molecule has 0 aliphatic heterocycles. The van der Waals surface area contributed by atoms with Crippen molar-refractivity contribution in [2.75, 3.05) is 0 Å². The van der Waals surface area contributed by atoms with E-state index in [-0.39, 0.29) is 0 Å². The van der Waals surface area contributed by atoms with E-state index in [9.17, 15) is 0 Å². The van der Waals surface area contributed by atoms with Gasteiger partial charge in [0.1, 0.15) is 11.2 Å². The first kappa shape index (κ1) is 28.3.